The number of anilines is 2. The molecule has 0 atom stereocenters. The molecule has 0 saturated heterocycles. The second kappa shape index (κ2) is 9.25. The van der Waals surface area contributed by atoms with Crippen LogP contribution in [-0.4, -0.2) is 25.0 Å². The lowest BCUT2D eigenvalue weighted by atomic mass is 10.1. The van der Waals surface area contributed by atoms with Crippen LogP contribution in [0.2, 0.25) is 5.02 Å². The number of rotatable bonds is 7. The van der Waals surface area contributed by atoms with E-state index in [1.165, 1.54) is 0 Å². The quantitative estimate of drug-likeness (QED) is 0.696. The van der Waals surface area contributed by atoms with Gasteiger partial charge in [-0.3, -0.25) is 4.79 Å². The van der Waals surface area contributed by atoms with E-state index >= 15 is 0 Å². The van der Waals surface area contributed by atoms with Crippen LogP contribution in [-0.2, 0) is 9.53 Å². The number of ether oxygens (including phenoxy) is 1. The first-order chi connectivity index (χ1) is 12.4. The number of hydrogen-bond donors (Lipinski definition) is 2. The molecule has 6 heteroatoms. The van der Waals surface area contributed by atoms with Gasteiger partial charge in [0.1, 0.15) is 0 Å². The molecule has 5 nitrogen and oxygen atoms in total. The van der Waals surface area contributed by atoms with Crippen molar-refractivity contribution in [2.75, 3.05) is 23.8 Å². The van der Waals surface area contributed by atoms with Crippen molar-refractivity contribution < 1.29 is 14.3 Å². The van der Waals surface area contributed by atoms with Gasteiger partial charge in [0.05, 0.1) is 22.9 Å². The van der Waals surface area contributed by atoms with Crippen molar-refractivity contribution in [3.63, 3.8) is 0 Å². The average molecular weight is 375 g/mol. The van der Waals surface area contributed by atoms with Gasteiger partial charge in [0.2, 0.25) is 5.91 Å². The third-order valence-electron chi connectivity index (χ3n) is 3.77. The summed E-state index contributed by atoms with van der Waals surface area (Å²) < 4.78 is 4.93. The van der Waals surface area contributed by atoms with Crippen molar-refractivity contribution >= 4 is 34.9 Å². The molecule has 0 bridgehead atoms. The maximum absolute atomic E-state index is 12.1. The van der Waals surface area contributed by atoms with Crippen LogP contribution in [0.4, 0.5) is 11.4 Å². The molecule has 0 unspecified atom stereocenters. The third kappa shape index (κ3) is 5.49. The van der Waals surface area contributed by atoms with Crippen molar-refractivity contribution in [3.8, 4) is 0 Å². The molecular formula is C20H23ClN2O3. The zero-order chi connectivity index (χ0) is 19.1. The van der Waals surface area contributed by atoms with E-state index in [-0.39, 0.29) is 11.9 Å². The minimum absolute atomic E-state index is 0.123. The molecule has 2 rings (SSSR count). The number of halogens is 1. The van der Waals surface area contributed by atoms with Crippen LogP contribution in [0.15, 0.2) is 36.4 Å². The predicted octanol–water partition coefficient (Wildman–Crippen LogP) is 4.57. The second-order valence-electron chi connectivity index (χ2n) is 5.96. The number of hydrogen-bond acceptors (Lipinski definition) is 4. The summed E-state index contributed by atoms with van der Waals surface area (Å²) in [5.74, 6) is -0.498. The average Bonchev–Trinajstić information content (AvgIpc) is 2.58. The molecular weight excluding hydrogens is 352 g/mol. The number of benzene rings is 2. The molecule has 2 aromatic carbocycles. The molecule has 0 radical (unpaired) electrons. The van der Waals surface area contributed by atoms with Crippen molar-refractivity contribution in [2.24, 2.45) is 0 Å². The Kier molecular flexibility index (Phi) is 7.04. The number of amides is 1. The highest BCUT2D eigenvalue weighted by Gasteiger charge is 2.08. The van der Waals surface area contributed by atoms with Gasteiger partial charge in [0.25, 0.3) is 0 Å². The normalized spacial score (nSPS) is 10.3. The van der Waals surface area contributed by atoms with Gasteiger partial charge in [-0.05, 0) is 62.2 Å². The van der Waals surface area contributed by atoms with Crippen LogP contribution < -0.4 is 10.6 Å². The van der Waals surface area contributed by atoms with E-state index in [1.807, 2.05) is 26.0 Å². The summed E-state index contributed by atoms with van der Waals surface area (Å²) in [4.78, 5) is 23.7. The zero-order valence-electron chi connectivity index (χ0n) is 15.2. The fraction of sp³-hybridized carbons (Fsp3) is 0.300. The van der Waals surface area contributed by atoms with Gasteiger partial charge in [-0.1, -0.05) is 17.7 Å². The molecule has 0 aliphatic rings. The van der Waals surface area contributed by atoms with Crippen LogP contribution in [0.5, 0.6) is 0 Å². The summed E-state index contributed by atoms with van der Waals surface area (Å²) in [6, 6.07) is 10.5. The van der Waals surface area contributed by atoms with E-state index in [2.05, 4.69) is 10.6 Å². The molecule has 0 fully saturated rings. The molecule has 2 N–H and O–H groups in total. The maximum atomic E-state index is 12.1. The summed E-state index contributed by atoms with van der Waals surface area (Å²) in [7, 11) is 0. The maximum Gasteiger partial charge on any atom is 0.338 e. The van der Waals surface area contributed by atoms with Crippen molar-refractivity contribution in [1.82, 2.24) is 0 Å². The third-order valence-corrected chi connectivity index (χ3v) is 4.06. The largest absolute Gasteiger partial charge is 0.462 e. The molecule has 0 heterocycles. The van der Waals surface area contributed by atoms with Crippen LogP contribution in [0.25, 0.3) is 0 Å². The van der Waals surface area contributed by atoms with E-state index in [4.69, 9.17) is 16.3 Å². The lowest BCUT2D eigenvalue weighted by Crippen LogP contribution is -2.16. The lowest BCUT2D eigenvalue weighted by Gasteiger charge is -2.12. The first-order valence-corrected chi connectivity index (χ1v) is 8.86. The Morgan fingerprint density at radius 3 is 2.42 bits per heavy atom. The summed E-state index contributed by atoms with van der Waals surface area (Å²) in [6.07, 6.45) is 0.295. The minimum Gasteiger partial charge on any atom is -0.462 e. The minimum atomic E-state index is -0.375. The first-order valence-electron chi connectivity index (χ1n) is 8.48. The van der Waals surface area contributed by atoms with Crippen molar-refractivity contribution in [2.45, 2.75) is 27.2 Å². The number of carbonyl (C=O) groups is 2. The Morgan fingerprint density at radius 1 is 1.12 bits per heavy atom. The molecule has 0 saturated carbocycles. The number of esters is 1. The molecule has 0 aliphatic heterocycles. The Hall–Kier alpha value is -2.53. The SMILES string of the molecule is CCOC(=O)c1ccc(NC(=O)CCNc2c(C)cc(C)cc2Cl)cc1. The Morgan fingerprint density at radius 2 is 1.81 bits per heavy atom. The van der Waals surface area contributed by atoms with Gasteiger partial charge < -0.3 is 15.4 Å². The van der Waals surface area contributed by atoms with Gasteiger partial charge in [0, 0.05) is 18.7 Å². The summed E-state index contributed by atoms with van der Waals surface area (Å²) >= 11 is 6.24. The van der Waals surface area contributed by atoms with E-state index < -0.39 is 0 Å². The van der Waals surface area contributed by atoms with Crippen molar-refractivity contribution in [1.29, 1.82) is 0 Å². The highest BCUT2D eigenvalue weighted by molar-refractivity contribution is 6.33. The Balaban J connectivity index is 1.85. The summed E-state index contributed by atoms with van der Waals surface area (Å²) in [6.45, 7) is 6.52. The highest BCUT2D eigenvalue weighted by atomic mass is 35.5. The molecule has 0 aliphatic carbocycles. The number of carbonyl (C=O) groups excluding carboxylic acids is 2. The number of nitrogens with one attached hydrogen (secondary N) is 2. The Labute approximate surface area is 158 Å². The molecule has 2 aromatic rings. The predicted molar refractivity (Wildman–Crippen MR) is 105 cm³/mol. The fourth-order valence-electron chi connectivity index (χ4n) is 2.57. The number of aryl methyl sites for hydroxylation is 2. The van der Waals surface area contributed by atoms with E-state index in [0.717, 1.165) is 16.8 Å². The zero-order valence-corrected chi connectivity index (χ0v) is 15.9. The highest BCUT2D eigenvalue weighted by Crippen LogP contribution is 2.27. The summed E-state index contributed by atoms with van der Waals surface area (Å²) in [5.41, 5.74) is 4.08. The monoisotopic (exact) mass is 374 g/mol. The van der Waals surface area contributed by atoms with E-state index in [9.17, 15) is 9.59 Å². The van der Waals surface area contributed by atoms with Crippen molar-refractivity contribution in [3.05, 3.63) is 58.1 Å². The standard InChI is InChI=1S/C20H23ClN2O3/c1-4-26-20(25)15-5-7-16(8-6-15)23-18(24)9-10-22-19-14(3)11-13(2)12-17(19)21/h5-8,11-12,22H,4,9-10H2,1-3H3,(H,23,24). The van der Waals surface area contributed by atoms with Gasteiger partial charge in [-0.25, -0.2) is 4.79 Å². The summed E-state index contributed by atoms with van der Waals surface area (Å²) in [5, 5.41) is 6.66. The van der Waals surface area contributed by atoms with E-state index in [1.54, 1.807) is 31.2 Å². The first kappa shape index (κ1) is 19.8. The molecule has 1 amide bonds. The Bertz CT molecular complexity index is 765. The topological polar surface area (TPSA) is 67.4 Å². The van der Waals surface area contributed by atoms with E-state index in [0.29, 0.717) is 35.8 Å². The van der Waals surface area contributed by atoms with Gasteiger partial charge in [-0.15, -0.1) is 0 Å². The van der Waals surface area contributed by atoms with Crippen LogP contribution >= 0.6 is 11.6 Å². The van der Waals surface area contributed by atoms with Gasteiger partial charge >= 0.3 is 5.97 Å². The lowest BCUT2D eigenvalue weighted by molar-refractivity contribution is -0.115. The van der Waals surface area contributed by atoms with Crippen LogP contribution in [0, 0.1) is 13.8 Å². The smallest absolute Gasteiger partial charge is 0.338 e. The second-order valence-corrected chi connectivity index (χ2v) is 6.37. The van der Waals surface area contributed by atoms with Gasteiger partial charge in [0.15, 0.2) is 0 Å². The van der Waals surface area contributed by atoms with Crippen LogP contribution in [0.3, 0.4) is 0 Å². The van der Waals surface area contributed by atoms with Crippen LogP contribution in [0.1, 0.15) is 34.8 Å². The molecule has 0 spiro atoms. The molecule has 138 valence electrons. The fourth-order valence-corrected chi connectivity index (χ4v) is 2.96. The molecule has 0 aromatic heterocycles. The van der Waals surface area contributed by atoms with Gasteiger partial charge in [-0.2, -0.15) is 0 Å². The molecule has 26 heavy (non-hydrogen) atoms.